The molecule has 2 aliphatic rings. The highest BCUT2D eigenvalue weighted by Gasteiger charge is 2.22. The third-order valence-corrected chi connectivity index (χ3v) is 4.47. The Kier molecular flexibility index (Phi) is 4.74. The third kappa shape index (κ3) is 3.55. The highest BCUT2D eigenvalue weighted by molar-refractivity contribution is 5.59. The second-order valence-electron chi connectivity index (χ2n) is 5.91. The summed E-state index contributed by atoms with van der Waals surface area (Å²) in [6, 6.07) is 10.2. The fraction of sp³-hybridized carbons (Fsp3) is 0.588. The molecule has 2 fully saturated rings. The van der Waals surface area contributed by atoms with Gasteiger partial charge in [-0.2, -0.15) is 5.26 Å². The van der Waals surface area contributed by atoms with Gasteiger partial charge in [0.2, 0.25) is 0 Å². The van der Waals surface area contributed by atoms with Crippen LogP contribution in [0.25, 0.3) is 0 Å². The van der Waals surface area contributed by atoms with Crippen molar-refractivity contribution in [2.45, 2.75) is 25.4 Å². The number of piperazine rings is 1. The van der Waals surface area contributed by atoms with Crippen LogP contribution in [-0.4, -0.2) is 50.3 Å². The molecule has 1 aromatic rings. The molecule has 0 N–H and O–H groups in total. The molecule has 4 nitrogen and oxygen atoms in total. The average molecular weight is 285 g/mol. The van der Waals surface area contributed by atoms with E-state index in [1.54, 1.807) is 0 Å². The highest BCUT2D eigenvalue weighted by atomic mass is 16.5. The SMILES string of the molecule is N#Cc1ccccc1N1CCN(C[C@H]2CCCCO2)CC1. The topological polar surface area (TPSA) is 39.5 Å². The Labute approximate surface area is 126 Å². The zero-order chi connectivity index (χ0) is 14.5. The number of hydrogen-bond donors (Lipinski definition) is 0. The lowest BCUT2D eigenvalue weighted by molar-refractivity contribution is -0.00645. The van der Waals surface area contributed by atoms with Gasteiger partial charge in [0.15, 0.2) is 0 Å². The van der Waals surface area contributed by atoms with Crippen molar-refractivity contribution >= 4 is 5.69 Å². The van der Waals surface area contributed by atoms with E-state index in [1.165, 1.54) is 19.3 Å². The first kappa shape index (κ1) is 14.4. The maximum Gasteiger partial charge on any atom is 0.101 e. The molecule has 3 rings (SSSR count). The van der Waals surface area contributed by atoms with Crippen LogP contribution in [0.2, 0.25) is 0 Å². The van der Waals surface area contributed by atoms with E-state index < -0.39 is 0 Å². The summed E-state index contributed by atoms with van der Waals surface area (Å²) < 4.78 is 5.83. The van der Waals surface area contributed by atoms with Crippen LogP contribution < -0.4 is 4.90 Å². The summed E-state index contributed by atoms with van der Waals surface area (Å²) >= 11 is 0. The Balaban J connectivity index is 1.54. The number of ether oxygens (including phenoxy) is 1. The van der Waals surface area contributed by atoms with Gasteiger partial charge in [-0.15, -0.1) is 0 Å². The zero-order valence-electron chi connectivity index (χ0n) is 12.5. The van der Waals surface area contributed by atoms with Crippen LogP contribution in [0.4, 0.5) is 5.69 Å². The summed E-state index contributed by atoms with van der Waals surface area (Å²) in [5, 5.41) is 9.21. The molecule has 0 radical (unpaired) electrons. The van der Waals surface area contributed by atoms with Crippen molar-refractivity contribution in [1.82, 2.24) is 4.90 Å². The first-order valence-electron chi connectivity index (χ1n) is 7.95. The molecule has 2 heterocycles. The summed E-state index contributed by atoms with van der Waals surface area (Å²) in [7, 11) is 0. The summed E-state index contributed by atoms with van der Waals surface area (Å²) in [4.78, 5) is 4.83. The molecule has 2 aliphatic heterocycles. The third-order valence-electron chi connectivity index (χ3n) is 4.47. The van der Waals surface area contributed by atoms with E-state index in [0.717, 1.165) is 50.6 Å². The molecule has 0 spiro atoms. The molecule has 1 atom stereocenters. The van der Waals surface area contributed by atoms with Crippen LogP contribution in [0.15, 0.2) is 24.3 Å². The van der Waals surface area contributed by atoms with Crippen molar-refractivity contribution < 1.29 is 4.74 Å². The Morgan fingerprint density at radius 1 is 1.14 bits per heavy atom. The second-order valence-corrected chi connectivity index (χ2v) is 5.91. The maximum absolute atomic E-state index is 9.21. The zero-order valence-corrected chi connectivity index (χ0v) is 12.5. The van der Waals surface area contributed by atoms with E-state index in [-0.39, 0.29) is 0 Å². The first-order valence-corrected chi connectivity index (χ1v) is 7.95. The minimum atomic E-state index is 0.427. The molecule has 112 valence electrons. The van der Waals surface area contributed by atoms with Gasteiger partial charge >= 0.3 is 0 Å². The van der Waals surface area contributed by atoms with Crippen molar-refractivity contribution in [2.24, 2.45) is 0 Å². The molecule has 0 saturated carbocycles. The molecular weight excluding hydrogens is 262 g/mol. The lowest BCUT2D eigenvalue weighted by Gasteiger charge is -2.38. The van der Waals surface area contributed by atoms with Gasteiger partial charge in [-0.05, 0) is 31.4 Å². The molecule has 0 unspecified atom stereocenters. The Hall–Kier alpha value is -1.57. The molecule has 2 saturated heterocycles. The first-order chi connectivity index (χ1) is 10.4. The van der Waals surface area contributed by atoms with Crippen molar-refractivity contribution in [3.8, 4) is 6.07 Å². The normalized spacial score (nSPS) is 23.8. The number of hydrogen-bond acceptors (Lipinski definition) is 4. The number of anilines is 1. The smallest absolute Gasteiger partial charge is 0.101 e. The van der Waals surface area contributed by atoms with Gasteiger partial charge in [-0.1, -0.05) is 12.1 Å². The minimum Gasteiger partial charge on any atom is -0.377 e. The highest BCUT2D eigenvalue weighted by Crippen LogP contribution is 2.21. The molecule has 1 aromatic carbocycles. The molecule has 21 heavy (non-hydrogen) atoms. The van der Waals surface area contributed by atoms with Crippen LogP contribution in [0, 0.1) is 11.3 Å². The molecule has 0 amide bonds. The lowest BCUT2D eigenvalue weighted by Crippen LogP contribution is -2.49. The van der Waals surface area contributed by atoms with Crippen molar-refractivity contribution in [2.75, 3.05) is 44.2 Å². The second kappa shape index (κ2) is 6.93. The largest absolute Gasteiger partial charge is 0.377 e. The van der Waals surface area contributed by atoms with Gasteiger partial charge in [0.1, 0.15) is 6.07 Å². The molecule has 0 aliphatic carbocycles. The van der Waals surface area contributed by atoms with Gasteiger partial charge in [-0.25, -0.2) is 0 Å². The Morgan fingerprint density at radius 3 is 2.67 bits per heavy atom. The van der Waals surface area contributed by atoms with Crippen LogP contribution in [-0.2, 0) is 4.74 Å². The number of nitrogens with zero attached hydrogens (tertiary/aromatic N) is 3. The summed E-state index contributed by atoms with van der Waals surface area (Å²) in [5.41, 5.74) is 1.86. The number of benzene rings is 1. The van der Waals surface area contributed by atoms with Crippen molar-refractivity contribution in [3.63, 3.8) is 0 Å². The monoisotopic (exact) mass is 285 g/mol. The van der Waals surface area contributed by atoms with Gasteiger partial charge in [0.25, 0.3) is 0 Å². The van der Waals surface area contributed by atoms with E-state index in [0.29, 0.717) is 6.10 Å². The van der Waals surface area contributed by atoms with Crippen LogP contribution in [0.1, 0.15) is 24.8 Å². The Bertz CT molecular complexity index is 497. The van der Waals surface area contributed by atoms with E-state index in [4.69, 9.17) is 4.74 Å². The van der Waals surface area contributed by atoms with Crippen molar-refractivity contribution in [1.29, 1.82) is 5.26 Å². The van der Waals surface area contributed by atoms with E-state index in [2.05, 4.69) is 21.9 Å². The number of nitriles is 1. The molecular formula is C17H23N3O. The summed E-state index contributed by atoms with van der Waals surface area (Å²) in [6.07, 6.45) is 4.16. The predicted octanol–water partition coefficient (Wildman–Crippen LogP) is 2.25. The average Bonchev–Trinajstić information content (AvgIpc) is 2.56. The molecule has 0 aromatic heterocycles. The van der Waals surface area contributed by atoms with Gasteiger partial charge < -0.3 is 9.64 Å². The quantitative estimate of drug-likeness (QED) is 0.854. The fourth-order valence-electron chi connectivity index (χ4n) is 3.25. The minimum absolute atomic E-state index is 0.427. The predicted molar refractivity (Wildman–Crippen MR) is 83.4 cm³/mol. The molecule has 4 heteroatoms. The maximum atomic E-state index is 9.21. The van der Waals surface area contributed by atoms with Gasteiger partial charge in [0.05, 0.1) is 17.4 Å². The van der Waals surface area contributed by atoms with Crippen LogP contribution >= 0.6 is 0 Å². The summed E-state index contributed by atoms with van der Waals surface area (Å²) in [6.45, 7) is 6.09. The van der Waals surface area contributed by atoms with Crippen LogP contribution in [0.3, 0.4) is 0 Å². The number of para-hydroxylation sites is 1. The lowest BCUT2D eigenvalue weighted by atomic mass is 10.1. The van der Waals surface area contributed by atoms with Crippen LogP contribution in [0.5, 0.6) is 0 Å². The van der Waals surface area contributed by atoms with E-state index >= 15 is 0 Å². The summed E-state index contributed by atoms with van der Waals surface area (Å²) in [5.74, 6) is 0. The fourth-order valence-corrected chi connectivity index (χ4v) is 3.25. The van der Waals surface area contributed by atoms with Crippen molar-refractivity contribution in [3.05, 3.63) is 29.8 Å². The Morgan fingerprint density at radius 2 is 1.95 bits per heavy atom. The number of rotatable bonds is 3. The van der Waals surface area contributed by atoms with E-state index in [1.807, 2.05) is 18.2 Å². The molecule has 0 bridgehead atoms. The van der Waals surface area contributed by atoms with E-state index in [9.17, 15) is 5.26 Å². The van der Waals surface area contributed by atoms with Gasteiger partial charge in [-0.3, -0.25) is 4.90 Å². The standard InChI is InChI=1S/C17H23N3O/c18-13-15-5-1-2-7-17(15)20-10-8-19(9-11-20)14-16-6-3-4-12-21-16/h1-2,5,7,16H,3-4,6,8-12,14H2/t16-/m1/s1. The van der Waals surface area contributed by atoms with Gasteiger partial charge in [0, 0.05) is 39.3 Å².